The third-order valence-electron chi connectivity index (χ3n) is 6.36. The van der Waals surface area contributed by atoms with E-state index >= 15 is 0 Å². The molecule has 2 aromatic carbocycles. The standard InChI is InChI=1S/C22H18Cl2N2O6S4.C6H15N/c1-2-6-15-16(24)10-12-19-22(15)26(36(30,31)32)21(34-19)8-5-3-4-7-20-25(35(27,28)29)17-13-14(23)9-11-18(17)33-20;1-4-7(5-2)6-3/h3-5,7-13H,2,6H2,1H3,(H-,27,28,29,30,31,32);4-6H2,1-3H3/p+1. The monoisotopic (exact) mass is 706 g/mol. The highest BCUT2D eigenvalue weighted by molar-refractivity contribution is 8.05. The molecule has 0 fully saturated rings. The summed E-state index contributed by atoms with van der Waals surface area (Å²) >= 11 is 14.6. The maximum Gasteiger partial charge on any atom is 0.513 e. The summed E-state index contributed by atoms with van der Waals surface area (Å²) < 4.78 is 70.3. The molecule has 9 nitrogen and oxygen atoms in total. The van der Waals surface area contributed by atoms with Crippen molar-refractivity contribution in [2.24, 2.45) is 0 Å². The summed E-state index contributed by atoms with van der Waals surface area (Å²) in [5, 5.41) is 1.22. The molecule has 0 amide bonds. The van der Waals surface area contributed by atoms with Gasteiger partial charge in [-0.1, -0.05) is 98.6 Å². The van der Waals surface area contributed by atoms with Crippen molar-refractivity contribution in [3.63, 3.8) is 0 Å². The largest absolute Gasteiger partial charge is 0.513 e. The van der Waals surface area contributed by atoms with E-state index in [1.165, 1.54) is 55.3 Å². The summed E-state index contributed by atoms with van der Waals surface area (Å²) in [5.74, 6) is 0. The zero-order valence-electron chi connectivity index (χ0n) is 24.1. The zero-order valence-corrected chi connectivity index (χ0v) is 28.8. The van der Waals surface area contributed by atoms with Crippen LogP contribution in [0.2, 0.25) is 10.0 Å². The minimum Gasteiger partial charge on any atom is -0.304 e. The molecule has 43 heavy (non-hydrogen) atoms. The molecule has 15 heteroatoms. The normalized spacial score (nSPS) is 14.8. The van der Waals surface area contributed by atoms with Gasteiger partial charge in [0.25, 0.3) is 5.01 Å². The van der Waals surface area contributed by atoms with Crippen molar-refractivity contribution in [2.75, 3.05) is 23.9 Å². The molecule has 0 aliphatic carbocycles. The Morgan fingerprint density at radius 1 is 0.953 bits per heavy atom. The van der Waals surface area contributed by atoms with Crippen molar-refractivity contribution in [1.82, 2.24) is 4.90 Å². The van der Waals surface area contributed by atoms with E-state index in [-0.39, 0.29) is 15.7 Å². The summed E-state index contributed by atoms with van der Waals surface area (Å²) in [6.45, 7) is 12.1. The number of rotatable bonds is 10. The lowest BCUT2D eigenvalue weighted by Crippen LogP contribution is -2.43. The van der Waals surface area contributed by atoms with E-state index in [1.807, 2.05) is 6.92 Å². The van der Waals surface area contributed by atoms with Gasteiger partial charge >= 0.3 is 20.6 Å². The Hall–Kier alpha value is -1.94. The smallest absolute Gasteiger partial charge is 0.304 e. The number of anilines is 1. The molecule has 0 bridgehead atoms. The summed E-state index contributed by atoms with van der Waals surface area (Å²) in [5.41, 5.74) is 1.21. The predicted molar refractivity (Wildman–Crippen MR) is 179 cm³/mol. The molecule has 1 aliphatic heterocycles. The van der Waals surface area contributed by atoms with Crippen LogP contribution < -0.4 is 8.28 Å². The van der Waals surface area contributed by atoms with Gasteiger partial charge in [0.05, 0.1) is 15.7 Å². The quantitative estimate of drug-likeness (QED) is 0.128. The molecule has 0 radical (unpaired) electrons. The molecule has 1 aromatic heterocycles. The lowest BCUT2D eigenvalue weighted by Gasteiger charge is -2.15. The first-order valence-corrected chi connectivity index (χ1v) is 18.6. The molecule has 1 aliphatic rings. The number of allylic oxidation sites excluding steroid dienone is 4. The number of hydrogen-bond donors (Lipinski definition) is 2. The maximum atomic E-state index is 12.2. The highest BCUT2D eigenvalue weighted by Gasteiger charge is 2.34. The topological polar surface area (TPSA) is 119 Å². The Bertz CT molecular complexity index is 1760. The molecule has 3 aromatic rings. The third kappa shape index (κ3) is 8.83. The van der Waals surface area contributed by atoms with Crippen LogP contribution in [0.5, 0.6) is 0 Å². The van der Waals surface area contributed by atoms with Crippen molar-refractivity contribution < 1.29 is 29.9 Å². The number of thioether (sulfide) groups is 1. The Balaban J connectivity index is 0.000000646. The van der Waals surface area contributed by atoms with Crippen molar-refractivity contribution in [3.05, 3.63) is 80.3 Å². The molecular formula is C28H34Cl2N3O6S4+. The molecule has 0 saturated carbocycles. The van der Waals surface area contributed by atoms with E-state index in [2.05, 4.69) is 25.7 Å². The Morgan fingerprint density at radius 2 is 1.63 bits per heavy atom. The van der Waals surface area contributed by atoms with Crippen molar-refractivity contribution in [1.29, 1.82) is 0 Å². The summed E-state index contributed by atoms with van der Waals surface area (Å²) in [6, 6.07) is 8.11. The van der Waals surface area contributed by atoms with Gasteiger partial charge in [0.2, 0.25) is 5.52 Å². The first-order valence-electron chi connectivity index (χ1n) is 13.4. The molecule has 234 valence electrons. The Kier molecular flexibility index (Phi) is 12.7. The molecule has 0 atom stereocenters. The number of halogens is 2. The number of nitrogens with zero attached hydrogens (tertiary/aromatic N) is 3. The molecule has 2 N–H and O–H groups in total. The van der Waals surface area contributed by atoms with Crippen molar-refractivity contribution in [2.45, 2.75) is 45.4 Å². The van der Waals surface area contributed by atoms with Crippen LogP contribution in [0.1, 0.15) is 44.7 Å². The van der Waals surface area contributed by atoms with Crippen molar-refractivity contribution >= 4 is 88.9 Å². The molecule has 4 rings (SSSR count). The molecule has 0 spiro atoms. The average molecular weight is 708 g/mol. The highest BCUT2D eigenvalue weighted by atomic mass is 35.5. The van der Waals surface area contributed by atoms with E-state index in [4.69, 9.17) is 23.2 Å². The molecule has 0 unspecified atom stereocenters. The van der Waals surface area contributed by atoms with E-state index in [1.54, 1.807) is 36.4 Å². The van der Waals surface area contributed by atoms with Crippen LogP contribution in [0.4, 0.5) is 5.69 Å². The fraction of sp³-hybridized carbons (Fsp3) is 0.321. The number of hydrogen-bond acceptors (Lipinski definition) is 7. The van der Waals surface area contributed by atoms with E-state index < -0.39 is 20.6 Å². The molecule has 0 saturated heterocycles. The minimum absolute atomic E-state index is 0.230. The van der Waals surface area contributed by atoms with E-state index in [9.17, 15) is 25.9 Å². The van der Waals surface area contributed by atoms with Gasteiger partial charge in [0.1, 0.15) is 4.70 Å². The predicted octanol–water partition coefficient (Wildman–Crippen LogP) is 7.27. The second-order valence-corrected chi connectivity index (χ2v) is 14.6. The maximum absolute atomic E-state index is 12.2. The van der Waals surface area contributed by atoms with E-state index in [0.717, 1.165) is 26.5 Å². The molecular weight excluding hydrogens is 673 g/mol. The van der Waals surface area contributed by atoms with E-state index in [0.29, 0.717) is 37.1 Å². The van der Waals surface area contributed by atoms with Gasteiger partial charge in [-0.15, -0.1) is 8.42 Å². The Morgan fingerprint density at radius 3 is 2.19 bits per heavy atom. The Labute approximate surface area is 271 Å². The average Bonchev–Trinajstić information content (AvgIpc) is 3.49. The first kappa shape index (κ1) is 35.5. The van der Waals surface area contributed by atoms with Gasteiger partial charge in [-0.3, -0.25) is 4.55 Å². The number of thiazole rings is 1. The van der Waals surface area contributed by atoms with Crippen LogP contribution in [-0.4, -0.2) is 50.5 Å². The third-order valence-corrected chi connectivity index (χ3v) is 11.0. The second kappa shape index (κ2) is 15.4. The van der Waals surface area contributed by atoms with Gasteiger partial charge in [0, 0.05) is 21.6 Å². The van der Waals surface area contributed by atoms with Gasteiger partial charge in [-0.05, 0) is 66.4 Å². The van der Waals surface area contributed by atoms with Gasteiger partial charge in [0.15, 0.2) is 0 Å². The van der Waals surface area contributed by atoms with Crippen LogP contribution in [0.25, 0.3) is 16.3 Å². The number of aryl methyl sites for hydroxylation is 1. The minimum atomic E-state index is -4.62. The van der Waals surface area contributed by atoms with Gasteiger partial charge in [-0.25, -0.2) is 8.86 Å². The fourth-order valence-corrected chi connectivity index (χ4v) is 9.01. The van der Waals surface area contributed by atoms with Gasteiger partial charge < -0.3 is 4.90 Å². The fourth-order valence-electron chi connectivity index (χ4n) is 4.34. The van der Waals surface area contributed by atoms with Crippen LogP contribution in [0.3, 0.4) is 0 Å². The summed E-state index contributed by atoms with van der Waals surface area (Å²) in [4.78, 5) is 2.98. The lowest BCUT2D eigenvalue weighted by molar-refractivity contribution is -0.486. The lowest BCUT2D eigenvalue weighted by atomic mass is 10.1. The number of aromatic nitrogens is 1. The number of fused-ring (bicyclic) bond motifs is 2. The second-order valence-electron chi connectivity index (χ2n) is 9.13. The summed E-state index contributed by atoms with van der Waals surface area (Å²) in [6.07, 6.45) is 8.91. The summed E-state index contributed by atoms with van der Waals surface area (Å²) in [7, 11) is -9.21. The van der Waals surface area contributed by atoms with Crippen LogP contribution in [0, 0.1) is 0 Å². The number of benzene rings is 2. The van der Waals surface area contributed by atoms with Crippen molar-refractivity contribution in [3.8, 4) is 0 Å². The van der Waals surface area contributed by atoms with Crippen LogP contribution >= 0.6 is 46.3 Å². The SMILES string of the molecule is CCCc1c(Cl)ccc2sc(C=CC=CC=C3Sc4ccc(Cl)cc4N3S(=O)(=O)O)[n+](S(=O)(=O)O)c12.CCN(CC)CC. The zero-order chi connectivity index (χ0) is 31.9. The van der Waals surface area contributed by atoms with Crippen LogP contribution in [0.15, 0.2) is 64.6 Å². The molecule has 2 heterocycles. The van der Waals surface area contributed by atoms with Crippen LogP contribution in [-0.2, 0) is 27.0 Å². The van der Waals surface area contributed by atoms with Gasteiger partial charge in [-0.2, -0.15) is 8.42 Å². The first-order chi connectivity index (χ1) is 20.3. The highest BCUT2D eigenvalue weighted by Crippen LogP contribution is 2.48.